The topological polar surface area (TPSA) is 48.0 Å². The maximum Gasteiger partial charge on any atom is 0.195 e. The van der Waals surface area contributed by atoms with Crippen LogP contribution in [0.5, 0.6) is 0 Å². The van der Waals surface area contributed by atoms with Crippen molar-refractivity contribution in [1.29, 1.82) is 0 Å². The second-order valence-corrected chi connectivity index (χ2v) is 3.80. The van der Waals surface area contributed by atoms with Gasteiger partial charge in [-0.1, -0.05) is 18.2 Å². The maximum atomic E-state index is 11.8. The van der Waals surface area contributed by atoms with E-state index in [2.05, 4.69) is 0 Å². The molecule has 0 bridgehead atoms. The lowest BCUT2D eigenvalue weighted by Gasteiger charge is -2.05. The molecule has 0 saturated heterocycles. The van der Waals surface area contributed by atoms with Crippen molar-refractivity contribution < 1.29 is 4.79 Å². The molecule has 0 saturated carbocycles. The maximum absolute atomic E-state index is 11.8. The highest BCUT2D eigenvalue weighted by Crippen LogP contribution is 2.18. The minimum absolute atomic E-state index is 0.0197. The van der Waals surface area contributed by atoms with Crippen molar-refractivity contribution in [3.05, 3.63) is 36.0 Å². The Hall–Kier alpha value is -1.61. The molecule has 1 heterocycles. The summed E-state index contributed by atoms with van der Waals surface area (Å²) >= 11 is 0. The average Bonchev–Trinajstić information content (AvgIpc) is 2.56. The first-order valence-electron chi connectivity index (χ1n) is 4.95. The van der Waals surface area contributed by atoms with E-state index in [1.165, 1.54) is 0 Å². The van der Waals surface area contributed by atoms with Gasteiger partial charge in [-0.05, 0) is 19.1 Å². The molecule has 0 fully saturated rings. The molecule has 1 aromatic heterocycles. The standard InChI is InChI=1S/C12H14N2O/c1-8(13)12(15)11-7-9-5-3-4-6-10(9)14(11)2/h3-8H,13H2,1-2H3. The second-order valence-electron chi connectivity index (χ2n) is 3.80. The summed E-state index contributed by atoms with van der Waals surface area (Å²) in [4.78, 5) is 11.8. The van der Waals surface area contributed by atoms with Gasteiger partial charge in [-0.25, -0.2) is 0 Å². The van der Waals surface area contributed by atoms with Crippen LogP contribution in [-0.2, 0) is 7.05 Å². The van der Waals surface area contributed by atoms with E-state index in [9.17, 15) is 4.79 Å². The molecule has 0 amide bonds. The first-order valence-corrected chi connectivity index (χ1v) is 4.95. The first-order chi connectivity index (χ1) is 7.11. The molecule has 3 nitrogen and oxygen atoms in total. The lowest BCUT2D eigenvalue weighted by molar-refractivity contribution is 0.0960. The van der Waals surface area contributed by atoms with Crippen LogP contribution in [0.2, 0.25) is 0 Å². The summed E-state index contributed by atoms with van der Waals surface area (Å²) in [5, 5.41) is 1.07. The van der Waals surface area contributed by atoms with E-state index in [-0.39, 0.29) is 5.78 Å². The molecule has 15 heavy (non-hydrogen) atoms. The quantitative estimate of drug-likeness (QED) is 0.753. The number of aryl methyl sites for hydroxylation is 1. The molecule has 0 aliphatic heterocycles. The van der Waals surface area contributed by atoms with Crippen LogP contribution in [0.15, 0.2) is 30.3 Å². The fraction of sp³-hybridized carbons (Fsp3) is 0.250. The number of aromatic nitrogens is 1. The molecule has 78 valence electrons. The second kappa shape index (κ2) is 3.51. The molecule has 0 aliphatic carbocycles. The van der Waals surface area contributed by atoms with Crippen LogP contribution in [0, 0.1) is 0 Å². The fourth-order valence-corrected chi connectivity index (χ4v) is 1.76. The summed E-state index contributed by atoms with van der Waals surface area (Å²) in [7, 11) is 1.89. The first kappa shape index (κ1) is 9.93. The third kappa shape index (κ3) is 1.55. The Kier molecular flexibility index (Phi) is 2.32. The summed E-state index contributed by atoms with van der Waals surface area (Å²) in [6.45, 7) is 1.71. The molecule has 0 spiro atoms. The summed E-state index contributed by atoms with van der Waals surface area (Å²) in [6, 6.07) is 9.35. The van der Waals surface area contributed by atoms with Gasteiger partial charge < -0.3 is 10.3 Å². The van der Waals surface area contributed by atoms with Crippen molar-refractivity contribution in [2.24, 2.45) is 12.8 Å². The SMILES string of the molecule is CC(N)C(=O)c1cc2ccccc2n1C. The third-order valence-corrected chi connectivity index (χ3v) is 2.62. The van der Waals surface area contributed by atoms with E-state index in [4.69, 9.17) is 5.73 Å². The fourth-order valence-electron chi connectivity index (χ4n) is 1.76. The number of ketones is 1. The lowest BCUT2D eigenvalue weighted by atomic mass is 10.1. The van der Waals surface area contributed by atoms with E-state index >= 15 is 0 Å². The van der Waals surface area contributed by atoms with Crippen LogP contribution < -0.4 is 5.73 Å². The van der Waals surface area contributed by atoms with E-state index < -0.39 is 6.04 Å². The van der Waals surface area contributed by atoms with Gasteiger partial charge in [-0.3, -0.25) is 4.79 Å². The zero-order valence-corrected chi connectivity index (χ0v) is 8.90. The third-order valence-electron chi connectivity index (χ3n) is 2.62. The summed E-state index contributed by atoms with van der Waals surface area (Å²) in [6.07, 6.45) is 0. The van der Waals surface area contributed by atoms with Crippen molar-refractivity contribution in [3.63, 3.8) is 0 Å². The van der Waals surface area contributed by atoms with Crippen LogP contribution >= 0.6 is 0 Å². The number of nitrogens with two attached hydrogens (primary N) is 1. The predicted octanol–water partition coefficient (Wildman–Crippen LogP) is 1.71. The van der Waals surface area contributed by atoms with Crippen molar-refractivity contribution in [2.75, 3.05) is 0 Å². The highest BCUT2D eigenvalue weighted by atomic mass is 16.1. The highest BCUT2D eigenvalue weighted by molar-refractivity contribution is 6.02. The molecular weight excluding hydrogens is 188 g/mol. The smallest absolute Gasteiger partial charge is 0.195 e. The number of carbonyl (C=O) groups is 1. The summed E-state index contributed by atoms with van der Waals surface area (Å²) in [5.74, 6) is -0.0197. The molecule has 1 unspecified atom stereocenters. The Morgan fingerprint density at radius 3 is 2.67 bits per heavy atom. The van der Waals surface area contributed by atoms with Gasteiger partial charge in [-0.2, -0.15) is 0 Å². The van der Waals surface area contributed by atoms with E-state index in [1.54, 1.807) is 6.92 Å². The number of Topliss-reactive ketones (excluding diaryl/α,β-unsaturated/α-hetero) is 1. The van der Waals surface area contributed by atoms with E-state index in [0.717, 1.165) is 10.9 Å². The molecule has 2 rings (SSSR count). The van der Waals surface area contributed by atoms with E-state index in [1.807, 2.05) is 41.9 Å². The van der Waals surface area contributed by atoms with E-state index in [0.29, 0.717) is 5.69 Å². The van der Waals surface area contributed by atoms with Crippen LogP contribution in [0.4, 0.5) is 0 Å². The number of benzene rings is 1. The van der Waals surface area contributed by atoms with Crippen LogP contribution in [0.25, 0.3) is 10.9 Å². The monoisotopic (exact) mass is 202 g/mol. The van der Waals surface area contributed by atoms with Crippen LogP contribution in [0.1, 0.15) is 17.4 Å². The number of nitrogens with zero attached hydrogens (tertiary/aromatic N) is 1. The Morgan fingerprint density at radius 1 is 1.40 bits per heavy atom. The molecule has 1 atom stereocenters. The molecule has 0 radical (unpaired) electrons. The summed E-state index contributed by atoms with van der Waals surface area (Å²) < 4.78 is 1.89. The molecule has 2 aromatic rings. The number of hydrogen-bond acceptors (Lipinski definition) is 2. The Morgan fingerprint density at radius 2 is 2.07 bits per heavy atom. The number of hydrogen-bond donors (Lipinski definition) is 1. The van der Waals surface area contributed by atoms with Gasteiger partial charge in [0.25, 0.3) is 0 Å². The Labute approximate surface area is 88.5 Å². The van der Waals surface area contributed by atoms with Crippen LogP contribution in [-0.4, -0.2) is 16.4 Å². The molecule has 1 aromatic carbocycles. The van der Waals surface area contributed by atoms with Gasteiger partial charge in [0.2, 0.25) is 0 Å². The zero-order chi connectivity index (χ0) is 11.0. The van der Waals surface area contributed by atoms with Gasteiger partial charge in [0.05, 0.1) is 11.7 Å². The van der Waals surface area contributed by atoms with Gasteiger partial charge in [0.1, 0.15) is 0 Å². The zero-order valence-electron chi connectivity index (χ0n) is 8.90. The Balaban J connectivity index is 2.63. The summed E-state index contributed by atoms with van der Waals surface area (Å²) in [5.41, 5.74) is 7.33. The molecule has 3 heteroatoms. The minimum atomic E-state index is -0.451. The van der Waals surface area contributed by atoms with Gasteiger partial charge in [-0.15, -0.1) is 0 Å². The van der Waals surface area contributed by atoms with Crippen molar-refractivity contribution >= 4 is 16.7 Å². The highest BCUT2D eigenvalue weighted by Gasteiger charge is 2.15. The largest absolute Gasteiger partial charge is 0.341 e. The minimum Gasteiger partial charge on any atom is -0.341 e. The number of fused-ring (bicyclic) bond motifs is 1. The molecular formula is C12H14N2O. The molecule has 0 aliphatic rings. The van der Waals surface area contributed by atoms with Gasteiger partial charge in [0, 0.05) is 18.0 Å². The van der Waals surface area contributed by atoms with Crippen molar-refractivity contribution in [1.82, 2.24) is 4.57 Å². The van der Waals surface area contributed by atoms with Gasteiger partial charge in [0.15, 0.2) is 5.78 Å². The van der Waals surface area contributed by atoms with Gasteiger partial charge >= 0.3 is 0 Å². The predicted molar refractivity (Wildman–Crippen MR) is 60.9 cm³/mol. The Bertz CT molecular complexity index is 511. The van der Waals surface area contributed by atoms with Crippen molar-refractivity contribution in [2.45, 2.75) is 13.0 Å². The molecule has 2 N–H and O–H groups in total. The normalized spacial score (nSPS) is 13.0. The number of para-hydroxylation sites is 1. The number of carbonyl (C=O) groups excluding carboxylic acids is 1. The van der Waals surface area contributed by atoms with Crippen LogP contribution in [0.3, 0.4) is 0 Å². The number of rotatable bonds is 2. The van der Waals surface area contributed by atoms with Crippen molar-refractivity contribution in [3.8, 4) is 0 Å². The lowest BCUT2D eigenvalue weighted by Crippen LogP contribution is -2.28. The average molecular weight is 202 g/mol.